The van der Waals surface area contributed by atoms with Crippen LogP contribution in [0.15, 0.2) is 30.0 Å². The van der Waals surface area contributed by atoms with Gasteiger partial charge in [-0.1, -0.05) is 18.5 Å². The van der Waals surface area contributed by atoms with E-state index in [0.717, 1.165) is 25.2 Å². The number of halogens is 1. The lowest BCUT2D eigenvalue weighted by Gasteiger charge is -2.36. The largest absolute Gasteiger partial charge is 0.367 e. The first kappa shape index (κ1) is 18.6. The standard InChI is InChI=1S/C18H20ClN5O/c1-2-3-18(25)24-8-6-23(7-9-24)17-5-4-15(10-16(17)19)22-13-14(11-20)12-21/h4-5,10,13,22H,2-3,6-9H2,1H3. The van der Waals surface area contributed by atoms with Crippen LogP contribution in [0.4, 0.5) is 11.4 Å². The molecule has 0 spiro atoms. The molecule has 25 heavy (non-hydrogen) atoms. The average Bonchev–Trinajstić information content (AvgIpc) is 2.63. The molecule has 1 heterocycles. The molecule has 0 bridgehead atoms. The van der Waals surface area contributed by atoms with Gasteiger partial charge in [-0.2, -0.15) is 10.5 Å². The predicted octanol–water partition coefficient (Wildman–Crippen LogP) is 3.13. The van der Waals surface area contributed by atoms with Gasteiger partial charge in [0.05, 0.1) is 10.7 Å². The van der Waals surface area contributed by atoms with Crippen LogP contribution >= 0.6 is 11.6 Å². The summed E-state index contributed by atoms with van der Waals surface area (Å²) in [5.41, 5.74) is 1.61. The van der Waals surface area contributed by atoms with E-state index >= 15 is 0 Å². The van der Waals surface area contributed by atoms with Gasteiger partial charge < -0.3 is 15.1 Å². The second-order valence-electron chi connectivity index (χ2n) is 5.71. The van der Waals surface area contributed by atoms with Crippen molar-refractivity contribution in [2.45, 2.75) is 19.8 Å². The zero-order valence-electron chi connectivity index (χ0n) is 14.1. The second-order valence-corrected chi connectivity index (χ2v) is 6.12. The van der Waals surface area contributed by atoms with Gasteiger partial charge in [-0.05, 0) is 24.6 Å². The topological polar surface area (TPSA) is 83.2 Å². The summed E-state index contributed by atoms with van der Waals surface area (Å²) in [6.45, 7) is 4.90. The van der Waals surface area contributed by atoms with Gasteiger partial charge in [-0.25, -0.2) is 0 Å². The first-order valence-corrected chi connectivity index (χ1v) is 8.56. The van der Waals surface area contributed by atoms with E-state index in [4.69, 9.17) is 22.1 Å². The maximum Gasteiger partial charge on any atom is 0.222 e. The van der Waals surface area contributed by atoms with Gasteiger partial charge in [-0.15, -0.1) is 0 Å². The van der Waals surface area contributed by atoms with Crippen molar-refractivity contribution in [2.24, 2.45) is 0 Å². The Morgan fingerprint density at radius 3 is 2.52 bits per heavy atom. The molecule has 0 atom stereocenters. The maximum absolute atomic E-state index is 12.0. The molecule has 0 aromatic heterocycles. The SMILES string of the molecule is CCCC(=O)N1CCN(c2ccc(NC=C(C#N)C#N)cc2Cl)CC1. The Kier molecular flexibility index (Phi) is 6.68. The number of nitrogens with zero attached hydrogens (tertiary/aromatic N) is 4. The number of rotatable bonds is 5. The molecule has 2 rings (SSSR count). The third-order valence-electron chi connectivity index (χ3n) is 4.01. The summed E-state index contributed by atoms with van der Waals surface area (Å²) in [6.07, 6.45) is 2.82. The molecule has 6 nitrogen and oxygen atoms in total. The maximum atomic E-state index is 12.0. The van der Waals surface area contributed by atoms with Crippen molar-refractivity contribution >= 4 is 28.9 Å². The van der Waals surface area contributed by atoms with Crippen LogP contribution in [0, 0.1) is 22.7 Å². The number of hydrogen-bond donors (Lipinski definition) is 1. The van der Waals surface area contributed by atoms with Gasteiger partial charge in [0.2, 0.25) is 5.91 Å². The van der Waals surface area contributed by atoms with E-state index in [1.54, 1.807) is 18.2 Å². The minimum absolute atomic E-state index is 0.00642. The minimum atomic E-state index is -0.00642. The van der Waals surface area contributed by atoms with Gasteiger partial charge in [0.1, 0.15) is 17.7 Å². The highest BCUT2D eigenvalue weighted by Crippen LogP contribution is 2.29. The lowest BCUT2D eigenvalue weighted by atomic mass is 10.2. The summed E-state index contributed by atoms with van der Waals surface area (Å²) < 4.78 is 0. The molecule has 0 aliphatic carbocycles. The van der Waals surface area contributed by atoms with E-state index in [9.17, 15) is 4.79 Å². The molecule has 7 heteroatoms. The molecule has 1 aromatic rings. The van der Waals surface area contributed by atoms with Crippen molar-refractivity contribution in [3.63, 3.8) is 0 Å². The zero-order chi connectivity index (χ0) is 18.2. The van der Waals surface area contributed by atoms with Crippen molar-refractivity contribution in [1.29, 1.82) is 10.5 Å². The van der Waals surface area contributed by atoms with Crippen LogP contribution in [-0.2, 0) is 4.79 Å². The third kappa shape index (κ3) is 4.89. The first-order valence-electron chi connectivity index (χ1n) is 8.18. The third-order valence-corrected chi connectivity index (χ3v) is 4.31. The van der Waals surface area contributed by atoms with E-state index in [1.165, 1.54) is 6.20 Å². The van der Waals surface area contributed by atoms with Crippen LogP contribution in [0.1, 0.15) is 19.8 Å². The van der Waals surface area contributed by atoms with Crippen molar-refractivity contribution in [3.8, 4) is 12.1 Å². The molecule has 1 saturated heterocycles. The lowest BCUT2D eigenvalue weighted by molar-refractivity contribution is -0.131. The Balaban J connectivity index is 2.00. The fourth-order valence-corrected chi connectivity index (χ4v) is 2.97. The summed E-state index contributed by atoms with van der Waals surface area (Å²) >= 11 is 6.38. The Morgan fingerprint density at radius 2 is 1.96 bits per heavy atom. The quantitative estimate of drug-likeness (QED) is 0.818. The summed E-state index contributed by atoms with van der Waals surface area (Å²) in [7, 11) is 0. The van der Waals surface area contributed by atoms with Gasteiger partial charge >= 0.3 is 0 Å². The number of allylic oxidation sites excluding steroid dienone is 1. The number of anilines is 2. The first-order chi connectivity index (χ1) is 12.1. The Morgan fingerprint density at radius 1 is 1.28 bits per heavy atom. The summed E-state index contributed by atoms with van der Waals surface area (Å²) in [6, 6.07) is 9.08. The number of carbonyl (C=O) groups is 1. The highest BCUT2D eigenvalue weighted by atomic mass is 35.5. The molecule has 1 amide bonds. The molecule has 1 aliphatic heterocycles. The molecule has 1 N–H and O–H groups in total. The van der Waals surface area contributed by atoms with Crippen LogP contribution in [0.3, 0.4) is 0 Å². The molecular weight excluding hydrogens is 338 g/mol. The fourth-order valence-electron chi connectivity index (χ4n) is 2.67. The molecule has 1 fully saturated rings. The molecule has 1 aromatic carbocycles. The summed E-state index contributed by atoms with van der Waals surface area (Å²) in [4.78, 5) is 16.0. The Hall–Kier alpha value is -2.70. The molecule has 1 aliphatic rings. The number of amides is 1. The highest BCUT2D eigenvalue weighted by Gasteiger charge is 2.21. The van der Waals surface area contributed by atoms with E-state index in [1.807, 2.05) is 24.0 Å². The summed E-state index contributed by atoms with van der Waals surface area (Å²) in [5.74, 6) is 0.213. The van der Waals surface area contributed by atoms with Gasteiger partial charge in [0.25, 0.3) is 0 Å². The highest BCUT2D eigenvalue weighted by molar-refractivity contribution is 6.33. The number of benzene rings is 1. The number of hydrogen-bond acceptors (Lipinski definition) is 5. The van der Waals surface area contributed by atoms with Crippen LogP contribution in [0.25, 0.3) is 0 Å². The Labute approximate surface area is 152 Å². The van der Waals surface area contributed by atoms with Crippen LogP contribution < -0.4 is 10.2 Å². The predicted molar refractivity (Wildman–Crippen MR) is 98.1 cm³/mol. The van der Waals surface area contributed by atoms with Crippen molar-refractivity contribution in [2.75, 3.05) is 36.4 Å². The van der Waals surface area contributed by atoms with Crippen molar-refractivity contribution in [3.05, 3.63) is 35.0 Å². The molecule has 0 saturated carbocycles. The van der Waals surface area contributed by atoms with Crippen LogP contribution in [0.2, 0.25) is 5.02 Å². The lowest BCUT2D eigenvalue weighted by Crippen LogP contribution is -2.48. The van der Waals surface area contributed by atoms with E-state index in [0.29, 0.717) is 30.2 Å². The summed E-state index contributed by atoms with van der Waals surface area (Å²) in [5, 5.41) is 20.9. The van der Waals surface area contributed by atoms with Gasteiger partial charge in [-0.3, -0.25) is 4.79 Å². The van der Waals surface area contributed by atoms with Crippen LogP contribution in [-0.4, -0.2) is 37.0 Å². The van der Waals surface area contributed by atoms with E-state index in [2.05, 4.69) is 10.2 Å². The zero-order valence-corrected chi connectivity index (χ0v) is 14.9. The second kappa shape index (κ2) is 8.96. The molecule has 0 unspecified atom stereocenters. The monoisotopic (exact) mass is 357 g/mol. The van der Waals surface area contributed by atoms with Gasteiger partial charge in [0.15, 0.2) is 0 Å². The molecular formula is C18H20ClN5O. The molecule has 0 radical (unpaired) electrons. The smallest absolute Gasteiger partial charge is 0.222 e. The minimum Gasteiger partial charge on any atom is -0.367 e. The average molecular weight is 358 g/mol. The van der Waals surface area contributed by atoms with Crippen molar-refractivity contribution in [1.82, 2.24) is 4.90 Å². The molecule has 130 valence electrons. The number of carbonyl (C=O) groups excluding carboxylic acids is 1. The van der Waals surface area contributed by atoms with Gasteiger partial charge in [0, 0.05) is 44.5 Å². The normalized spacial score (nSPS) is 13.6. The van der Waals surface area contributed by atoms with E-state index < -0.39 is 0 Å². The number of nitrogens with one attached hydrogen (secondary N) is 1. The number of piperazine rings is 1. The fraction of sp³-hybridized carbons (Fsp3) is 0.389. The van der Waals surface area contributed by atoms with Crippen LogP contribution in [0.5, 0.6) is 0 Å². The van der Waals surface area contributed by atoms with Crippen molar-refractivity contribution < 1.29 is 4.79 Å². The van der Waals surface area contributed by atoms with E-state index in [-0.39, 0.29) is 11.5 Å². The number of nitriles is 2. The Bertz CT molecular complexity index is 723.